The number of carbonyl (C=O) groups is 2. The molecule has 0 aliphatic heterocycles. The number of aryl methyl sites for hydroxylation is 1. The Labute approximate surface area is 174 Å². The van der Waals surface area contributed by atoms with Crippen molar-refractivity contribution in [2.24, 2.45) is 0 Å². The number of carbonyl (C=O) groups excluding carboxylic acids is 2. The summed E-state index contributed by atoms with van der Waals surface area (Å²) >= 11 is 0. The van der Waals surface area contributed by atoms with Crippen molar-refractivity contribution in [3.63, 3.8) is 0 Å². The van der Waals surface area contributed by atoms with Gasteiger partial charge in [0.15, 0.2) is 0 Å². The minimum absolute atomic E-state index is 0.311. The van der Waals surface area contributed by atoms with E-state index < -0.39 is 5.54 Å². The summed E-state index contributed by atoms with van der Waals surface area (Å²) in [5, 5.41) is 11.4. The highest BCUT2D eigenvalue weighted by molar-refractivity contribution is 6.00. The highest BCUT2D eigenvalue weighted by Gasteiger charge is 2.42. The molecule has 8 heteroatoms. The zero-order valence-corrected chi connectivity index (χ0v) is 16.7. The molecule has 2 aromatic carbocycles. The number of nitrogens with one attached hydrogen (secondary N) is 5. The molecule has 1 heterocycles. The maximum absolute atomic E-state index is 12.6. The Hall–Kier alpha value is -3.81. The molecule has 1 aromatic heterocycles. The van der Waals surface area contributed by atoms with Gasteiger partial charge < -0.3 is 26.3 Å². The van der Waals surface area contributed by atoms with E-state index in [1.165, 1.54) is 0 Å². The second kappa shape index (κ2) is 8.28. The van der Waals surface area contributed by atoms with Crippen LogP contribution >= 0.6 is 0 Å². The van der Waals surface area contributed by atoms with Crippen molar-refractivity contribution in [1.29, 1.82) is 0 Å². The number of hydrogen-bond acceptors (Lipinski definition) is 3. The lowest BCUT2D eigenvalue weighted by Gasteiger charge is -2.40. The van der Waals surface area contributed by atoms with Crippen LogP contribution in [0.4, 0.5) is 26.7 Å². The second-order valence-corrected chi connectivity index (χ2v) is 7.46. The molecule has 154 valence electrons. The van der Waals surface area contributed by atoms with Crippen LogP contribution in [0.3, 0.4) is 0 Å². The van der Waals surface area contributed by atoms with Gasteiger partial charge in [-0.15, -0.1) is 0 Å². The van der Waals surface area contributed by atoms with Crippen LogP contribution in [0, 0.1) is 6.92 Å². The smallest absolute Gasteiger partial charge is 0.323 e. The average Bonchev–Trinajstić information content (AvgIpc) is 3.12. The molecule has 4 rings (SSSR count). The fraction of sp³-hybridized carbons (Fsp3) is 0.227. The van der Waals surface area contributed by atoms with Gasteiger partial charge in [0.05, 0.1) is 5.54 Å². The monoisotopic (exact) mass is 404 g/mol. The third-order valence-electron chi connectivity index (χ3n) is 5.13. The number of amides is 4. The van der Waals surface area contributed by atoms with E-state index in [1.54, 1.807) is 42.6 Å². The van der Waals surface area contributed by atoms with Crippen molar-refractivity contribution >= 4 is 29.1 Å². The Morgan fingerprint density at radius 2 is 1.53 bits per heavy atom. The summed E-state index contributed by atoms with van der Waals surface area (Å²) in [6.07, 6.45) is 4.49. The van der Waals surface area contributed by atoms with E-state index in [4.69, 9.17) is 0 Å². The molecule has 0 atom stereocenters. The van der Waals surface area contributed by atoms with E-state index in [9.17, 15) is 9.59 Å². The number of urea groups is 2. The molecule has 8 nitrogen and oxygen atoms in total. The van der Waals surface area contributed by atoms with Crippen LogP contribution in [0.5, 0.6) is 0 Å². The SMILES string of the molecule is Cc1cnc(C2(NC(=O)Nc3cccc(NC(=O)Nc4ccccc4)c3)CCC2)[nH]1. The molecule has 0 spiro atoms. The fourth-order valence-corrected chi connectivity index (χ4v) is 3.48. The van der Waals surface area contributed by atoms with Gasteiger partial charge in [-0.2, -0.15) is 0 Å². The molecule has 0 bridgehead atoms. The summed E-state index contributed by atoms with van der Waals surface area (Å²) in [6, 6.07) is 15.5. The standard InChI is InChI=1S/C22H24N6O2/c1-15-14-23-19(24-15)22(11-6-12-22)28-21(30)27-18-10-5-9-17(13-18)26-20(29)25-16-7-3-2-4-8-16/h2-5,7-10,13-14H,6,11-12H2,1H3,(H,23,24)(H2,25,26,29)(H2,27,28,30). The number of rotatable bonds is 5. The van der Waals surface area contributed by atoms with Crippen molar-refractivity contribution in [1.82, 2.24) is 15.3 Å². The molecule has 30 heavy (non-hydrogen) atoms. The Bertz CT molecular complexity index is 1040. The van der Waals surface area contributed by atoms with Gasteiger partial charge in [0, 0.05) is 29.0 Å². The maximum Gasteiger partial charge on any atom is 0.323 e. The number of benzene rings is 2. The van der Waals surface area contributed by atoms with Crippen molar-refractivity contribution < 1.29 is 9.59 Å². The second-order valence-electron chi connectivity index (χ2n) is 7.46. The van der Waals surface area contributed by atoms with Gasteiger partial charge in [-0.1, -0.05) is 24.3 Å². The first-order valence-electron chi connectivity index (χ1n) is 9.87. The van der Waals surface area contributed by atoms with Gasteiger partial charge in [0.25, 0.3) is 0 Å². The van der Waals surface area contributed by atoms with E-state index in [0.29, 0.717) is 17.1 Å². The molecule has 0 radical (unpaired) electrons. The molecule has 0 saturated heterocycles. The quantitative estimate of drug-likeness (QED) is 0.430. The van der Waals surface area contributed by atoms with Gasteiger partial charge in [0.2, 0.25) is 0 Å². The highest BCUT2D eigenvalue weighted by Crippen LogP contribution is 2.39. The molecular weight excluding hydrogens is 380 g/mol. The summed E-state index contributed by atoms with van der Waals surface area (Å²) in [4.78, 5) is 32.4. The maximum atomic E-state index is 12.6. The molecular formula is C22H24N6O2. The summed E-state index contributed by atoms with van der Waals surface area (Å²) in [5.74, 6) is 0.786. The first kappa shape index (κ1) is 19.5. The van der Waals surface area contributed by atoms with Crippen LogP contribution in [0.2, 0.25) is 0 Å². The molecule has 0 unspecified atom stereocenters. The number of para-hydroxylation sites is 1. The van der Waals surface area contributed by atoms with Crippen LogP contribution < -0.4 is 21.3 Å². The Morgan fingerprint density at radius 3 is 2.13 bits per heavy atom. The zero-order chi connectivity index (χ0) is 21.0. The van der Waals surface area contributed by atoms with E-state index in [0.717, 1.165) is 30.8 Å². The van der Waals surface area contributed by atoms with Crippen LogP contribution in [0.15, 0.2) is 60.8 Å². The van der Waals surface area contributed by atoms with Gasteiger partial charge in [-0.25, -0.2) is 14.6 Å². The van der Waals surface area contributed by atoms with E-state index in [1.807, 2.05) is 25.1 Å². The van der Waals surface area contributed by atoms with Crippen LogP contribution in [-0.2, 0) is 5.54 Å². The predicted molar refractivity (Wildman–Crippen MR) is 117 cm³/mol. The van der Waals surface area contributed by atoms with Crippen LogP contribution in [0.25, 0.3) is 0 Å². The number of nitrogens with zero attached hydrogens (tertiary/aromatic N) is 1. The first-order valence-corrected chi connectivity index (χ1v) is 9.87. The number of H-pyrrole nitrogens is 1. The molecule has 3 aromatic rings. The minimum atomic E-state index is -0.455. The Kier molecular flexibility index (Phi) is 5.38. The molecule has 1 aliphatic rings. The number of aromatic nitrogens is 2. The number of hydrogen-bond donors (Lipinski definition) is 5. The number of anilines is 3. The number of aromatic amines is 1. The van der Waals surface area contributed by atoms with Crippen molar-refractivity contribution in [3.05, 3.63) is 72.3 Å². The summed E-state index contributed by atoms with van der Waals surface area (Å²) in [6.45, 7) is 1.94. The molecule has 1 aliphatic carbocycles. The largest absolute Gasteiger partial charge is 0.344 e. The van der Waals surface area contributed by atoms with Crippen LogP contribution in [0.1, 0.15) is 30.8 Å². The van der Waals surface area contributed by atoms with Crippen molar-refractivity contribution in [2.75, 3.05) is 16.0 Å². The minimum Gasteiger partial charge on any atom is -0.344 e. The topological polar surface area (TPSA) is 111 Å². The van der Waals surface area contributed by atoms with Crippen LogP contribution in [-0.4, -0.2) is 22.0 Å². The summed E-state index contributed by atoms with van der Waals surface area (Å²) in [7, 11) is 0. The lowest BCUT2D eigenvalue weighted by atomic mass is 9.76. The van der Waals surface area contributed by atoms with E-state index >= 15 is 0 Å². The fourth-order valence-electron chi connectivity index (χ4n) is 3.48. The molecule has 1 fully saturated rings. The van der Waals surface area contributed by atoms with E-state index in [2.05, 4.69) is 31.2 Å². The normalized spacial score (nSPS) is 14.3. The Morgan fingerprint density at radius 1 is 0.900 bits per heavy atom. The molecule has 4 amide bonds. The lowest BCUT2D eigenvalue weighted by Crippen LogP contribution is -2.52. The average molecular weight is 404 g/mol. The molecule has 1 saturated carbocycles. The van der Waals surface area contributed by atoms with Gasteiger partial charge in [-0.3, -0.25) is 0 Å². The summed E-state index contributed by atoms with van der Waals surface area (Å²) < 4.78 is 0. The highest BCUT2D eigenvalue weighted by atomic mass is 16.2. The lowest BCUT2D eigenvalue weighted by molar-refractivity contribution is 0.176. The Balaban J connectivity index is 1.37. The van der Waals surface area contributed by atoms with Gasteiger partial charge in [-0.05, 0) is 56.5 Å². The molecule has 5 N–H and O–H groups in total. The predicted octanol–water partition coefficient (Wildman–Crippen LogP) is 4.56. The third-order valence-corrected chi connectivity index (χ3v) is 5.13. The number of imidazole rings is 1. The van der Waals surface area contributed by atoms with Crippen molar-refractivity contribution in [3.8, 4) is 0 Å². The van der Waals surface area contributed by atoms with E-state index in [-0.39, 0.29) is 12.1 Å². The first-order chi connectivity index (χ1) is 14.5. The van der Waals surface area contributed by atoms with Crippen molar-refractivity contribution in [2.45, 2.75) is 31.7 Å². The third kappa shape index (κ3) is 4.43. The zero-order valence-electron chi connectivity index (χ0n) is 16.7. The van der Waals surface area contributed by atoms with Gasteiger partial charge >= 0.3 is 12.1 Å². The summed E-state index contributed by atoms with van der Waals surface area (Å²) in [5.41, 5.74) is 2.36. The van der Waals surface area contributed by atoms with Gasteiger partial charge in [0.1, 0.15) is 5.82 Å².